The smallest absolute Gasteiger partial charge is 0.197 e. The Morgan fingerprint density at radius 1 is 1.00 bits per heavy atom. The minimum Gasteiger partial charge on any atom is -0.506 e. The summed E-state index contributed by atoms with van der Waals surface area (Å²) < 4.78 is 1.85. The first-order valence-electron chi connectivity index (χ1n) is 5.39. The number of para-hydroxylation sites is 2. The SMILES string of the molecule is Cn1c2ccccc2c(=O)c2cccc(O)c21. The van der Waals surface area contributed by atoms with Crippen molar-refractivity contribution in [1.29, 1.82) is 0 Å². The largest absolute Gasteiger partial charge is 0.506 e. The van der Waals surface area contributed by atoms with Gasteiger partial charge in [0.15, 0.2) is 5.43 Å². The molecule has 0 radical (unpaired) electrons. The highest BCUT2D eigenvalue weighted by Crippen LogP contribution is 2.24. The molecule has 0 unspecified atom stereocenters. The van der Waals surface area contributed by atoms with Crippen LogP contribution in [0.3, 0.4) is 0 Å². The monoisotopic (exact) mass is 225 g/mol. The maximum Gasteiger partial charge on any atom is 0.197 e. The number of rotatable bonds is 0. The number of benzene rings is 2. The number of pyridine rings is 1. The van der Waals surface area contributed by atoms with Gasteiger partial charge in [0.25, 0.3) is 0 Å². The highest BCUT2D eigenvalue weighted by Gasteiger charge is 2.10. The third kappa shape index (κ3) is 1.25. The van der Waals surface area contributed by atoms with Crippen molar-refractivity contribution in [3.05, 3.63) is 52.7 Å². The molecule has 0 aliphatic carbocycles. The molecule has 0 bridgehead atoms. The number of aromatic nitrogens is 1. The van der Waals surface area contributed by atoms with Gasteiger partial charge >= 0.3 is 0 Å². The highest BCUT2D eigenvalue weighted by atomic mass is 16.3. The van der Waals surface area contributed by atoms with E-state index in [0.717, 1.165) is 5.52 Å². The van der Waals surface area contributed by atoms with Crippen molar-refractivity contribution in [2.24, 2.45) is 7.05 Å². The third-order valence-electron chi connectivity index (χ3n) is 3.10. The van der Waals surface area contributed by atoms with Crippen LogP contribution in [0.15, 0.2) is 47.3 Å². The second-order valence-corrected chi connectivity index (χ2v) is 4.08. The molecule has 3 nitrogen and oxygen atoms in total. The van der Waals surface area contributed by atoms with Gasteiger partial charge in [0.2, 0.25) is 0 Å². The number of hydrogen-bond acceptors (Lipinski definition) is 2. The lowest BCUT2D eigenvalue weighted by Crippen LogP contribution is -2.08. The summed E-state index contributed by atoms with van der Waals surface area (Å²) in [6.07, 6.45) is 0. The van der Waals surface area contributed by atoms with Crippen molar-refractivity contribution in [3.8, 4) is 5.75 Å². The summed E-state index contributed by atoms with van der Waals surface area (Å²) in [7, 11) is 1.85. The molecule has 84 valence electrons. The molecule has 3 heteroatoms. The van der Waals surface area contributed by atoms with E-state index >= 15 is 0 Å². The summed E-state index contributed by atoms with van der Waals surface area (Å²) in [6.45, 7) is 0. The van der Waals surface area contributed by atoms with Crippen LogP contribution in [-0.4, -0.2) is 9.67 Å². The molecular formula is C14H11NO2. The Bertz CT molecular complexity index is 787. The lowest BCUT2D eigenvalue weighted by atomic mass is 10.1. The number of hydrogen-bond donors (Lipinski definition) is 1. The van der Waals surface area contributed by atoms with Crippen molar-refractivity contribution < 1.29 is 5.11 Å². The number of fused-ring (bicyclic) bond motifs is 2. The van der Waals surface area contributed by atoms with Crippen LogP contribution in [0.4, 0.5) is 0 Å². The van der Waals surface area contributed by atoms with E-state index in [-0.39, 0.29) is 11.2 Å². The van der Waals surface area contributed by atoms with E-state index in [0.29, 0.717) is 16.3 Å². The molecule has 1 aromatic heterocycles. The molecule has 0 aliphatic heterocycles. The Kier molecular flexibility index (Phi) is 1.95. The van der Waals surface area contributed by atoms with E-state index in [1.165, 1.54) is 0 Å². The summed E-state index contributed by atoms with van der Waals surface area (Å²) in [6, 6.07) is 12.4. The van der Waals surface area contributed by atoms with E-state index in [4.69, 9.17) is 0 Å². The first-order valence-corrected chi connectivity index (χ1v) is 5.39. The molecule has 0 saturated heterocycles. The number of phenols is 1. The van der Waals surface area contributed by atoms with Crippen molar-refractivity contribution in [1.82, 2.24) is 4.57 Å². The molecule has 0 aliphatic rings. The topological polar surface area (TPSA) is 42.2 Å². The maximum atomic E-state index is 12.3. The first kappa shape index (κ1) is 9.90. The molecule has 1 heterocycles. The number of aryl methyl sites for hydroxylation is 1. The Morgan fingerprint density at radius 3 is 2.53 bits per heavy atom. The Balaban J connectivity index is 2.74. The van der Waals surface area contributed by atoms with Crippen LogP contribution in [-0.2, 0) is 7.05 Å². The second-order valence-electron chi connectivity index (χ2n) is 4.08. The lowest BCUT2D eigenvalue weighted by Gasteiger charge is -2.10. The molecule has 3 rings (SSSR count). The highest BCUT2D eigenvalue weighted by molar-refractivity contribution is 5.95. The molecule has 0 atom stereocenters. The minimum absolute atomic E-state index is 0.0374. The van der Waals surface area contributed by atoms with Crippen LogP contribution < -0.4 is 5.43 Å². The van der Waals surface area contributed by atoms with Gasteiger partial charge in [-0.3, -0.25) is 4.79 Å². The molecule has 3 aromatic rings. The quantitative estimate of drug-likeness (QED) is 0.597. The van der Waals surface area contributed by atoms with Gasteiger partial charge in [0.05, 0.1) is 16.4 Å². The van der Waals surface area contributed by atoms with E-state index in [2.05, 4.69) is 0 Å². The van der Waals surface area contributed by atoms with Crippen molar-refractivity contribution >= 4 is 21.8 Å². The normalized spacial score (nSPS) is 11.1. The maximum absolute atomic E-state index is 12.3. The fourth-order valence-corrected chi connectivity index (χ4v) is 2.29. The third-order valence-corrected chi connectivity index (χ3v) is 3.10. The van der Waals surface area contributed by atoms with Crippen molar-refractivity contribution in [2.75, 3.05) is 0 Å². The van der Waals surface area contributed by atoms with Gasteiger partial charge < -0.3 is 9.67 Å². The van der Waals surface area contributed by atoms with E-state index < -0.39 is 0 Å². The zero-order chi connectivity index (χ0) is 12.0. The average Bonchev–Trinajstić information content (AvgIpc) is 2.36. The van der Waals surface area contributed by atoms with Gasteiger partial charge in [-0.05, 0) is 24.3 Å². The van der Waals surface area contributed by atoms with Crippen molar-refractivity contribution in [3.63, 3.8) is 0 Å². The summed E-state index contributed by atoms with van der Waals surface area (Å²) in [5.41, 5.74) is 1.37. The minimum atomic E-state index is -0.0374. The fourth-order valence-electron chi connectivity index (χ4n) is 2.29. The van der Waals surface area contributed by atoms with Crippen molar-refractivity contribution in [2.45, 2.75) is 0 Å². The fraction of sp³-hybridized carbons (Fsp3) is 0.0714. The van der Waals surface area contributed by atoms with Gasteiger partial charge in [0.1, 0.15) is 5.75 Å². The van der Waals surface area contributed by atoms with Gasteiger partial charge in [-0.15, -0.1) is 0 Å². The van der Waals surface area contributed by atoms with E-state index in [1.807, 2.05) is 29.8 Å². The van der Waals surface area contributed by atoms with Crippen LogP contribution in [0, 0.1) is 0 Å². The molecule has 1 N–H and O–H groups in total. The van der Waals surface area contributed by atoms with Crippen LogP contribution in [0.1, 0.15) is 0 Å². The standard InChI is InChI=1S/C14H11NO2/c1-15-11-7-3-2-5-9(11)14(17)10-6-4-8-12(16)13(10)15/h2-8,16H,1H3. The first-order chi connectivity index (χ1) is 8.20. The number of phenolic OH excluding ortho intramolecular Hbond substituents is 1. The predicted octanol–water partition coefficient (Wildman–Crippen LogP) is 2.40. The van der Waals surface area contributed by atoms with Crippen LogP contribution in [0.2, 0.25) is 0 Å². The zero-order valence-electron chi connectivity index (χ0n) is 9.34. The molecule has 0 fully saturated rings. The molecule has 2 aromatic carbocycles. The van der Waals surface area contributed by atoms with Crippen LogP contribution in [0.5, 0.6) is 5.75 Å². The second kappa shape index (κ2) is 3.35. The molecular weight excluding hydrogens is 214 g/mol. The molecule has 17 heavy (non-hydrogen) atoms. The average molecular weight is 225 g/mol. The molecule has 0 amide bonds. The Morgan fingerprint density at radius 2 is 1.71 bits per heavy atom. The molecule has 0 saturated carbocycles. The van der Waals surface area contributed by atoms with Crippen LogP contribution >= 0.6 is 0 Å². The zero-order valence-corrected chi connectivity index (χ0v) is 9.34. The summed E-state index contributed by atoms with van der Waals surface area (Å²) in [4.78, 5) is 12.3. The van der Waals surface area contributed by atoms with Crippen LogP contribution in [0.25, 0.3) is 21.8 Å². The lowest BCUT2D eigenvalue weighted by molar-refractivity contribution is 0.479. The van der Waals surface area contributed by atoms with Gasteiger partial charge in [-0.2, -0.15) is 0 Å². The predicted molar refractivity (Wildman–Crippen MR) is 68.4 cm³/mol. The van der Waals surface area contributed by atoms with E-state index in [1.54, 1.807) is 24.3 Å². The van der Waals surface area contributed by atoms with Gasteiger partial charge in [0, 0.05) is 12.4 Å². The van der Waals surface area contributed by atoms with Gasteiger partial charge in [-0.25, -0.2) is 0 Å². The Labute approximate surface area is 97.5 Å². The van der Waals surface area contributed by atoms with Gasteiger partial charge in [-0.1, -0.05) is 18.2 Å². The summed E-state index contributed by atoms with van der Waals surface area (Å²) in [5.74, 6) is 0.132. The number of nitrogens with zero attached hydrogens (tertiary/aromatic N) is 1. The number of aromatic hydroxyl groups is 1. The summed E-state index contributed by atoms with van der Waals surface area (Å²) in [5, 5.41) is 11.1. The Hall–Kier alpha value is -2.29. The van der Waals surface area contributed by atoms with E-state index in [9.17, 15) is 9.90 Å². The molecule has 0 spiro atoms. The summed E-state index contributed by atoms with van der Waals surface area (Å²) >= 11 is 0.